The maximum absolute atomic E-state index is 11.8. The minimum atomic E-state index is -0.444. The average molecular weight is 332 g/mol. The third kappa shape index (κ3) is 4.84. The zero-order valence-electron chi connectivity index (χ0n) is 14.8. The maximum Gasteiger partial charge on any atom is 0.407 e. The van der Waals surface area contributed by atoms with E-state index in [-0.39, 0.29) is 12.1 Å². The third-order valence-corrected chi connectivity index (χ3v) is 4.41. The second-order valence-electron chi connectivity index (χ2n) is 7.71. The van der Waals surface area contributed by atoms with E-state index < -0.39 is 5.60 Å². The van der Waals surface area contributed by atoms with E-state index in [9.17, 15) is 4.79 Å². The van der Waals surface area contributed by atoms with Crippen molar-refractivity contribution in [2.45, 2.75) is 63.8 Å². The molecule has 1 aromatic heterocycles. The van der Waals surface area contributed by atoms with Crippen LogP contribution in [0.3, 0.4) is 0 Å². The number of piperidine rings is 1. The molecule has 0 spiro atoms. The van der Waals surface area contributed by atoms with Gasteiger partial charge in [0, 0.05) is 37.4 Å². The van der Waals surface area contributed by atoms with Crippen molar-refractivity contribution in [2.24, 2.45) is 0 Å². The van der Waals surface area contributed by atoms with Gasteiger partial charge < -0.3 is 20.3 Å². The predicted octanol–water partition coefficient (Wildman–Crippen LogP) is 2.31. The highest BCUT2D eigenvalue weighted by atomic mass is 16.6. The molecular weight excluding hydrogens is 304 g/mol. The van der Waals surface area contributed by atoms with Crippen LogP contribution in [0.5, 0.6) is 0 Å². The van der Waals surface area contributed by atoms with Crippen molar-refractivity contribution in [3.05, 3.63) is 24.4 Å². The van der Waals surface area contributed by atoms with Crippen LogP contribution in [0.25, 0.3) is 0 Å². The summed E-state index contributed by atoms with van der Waals surface area (Å²) in [6.07, 6.45) is 4.72. The molecule has 2 unspecified atom stereocenters. The average Bonchev–Trinajstić information content (AvgIpc) is 3.24. The minimum absolute atomic E-state index is 0.202. The van der Waals surface area contributed by atoms with Gasteiger partial charge in [-0.3, -0.25) is 0 Å². The summed E-state index contributed by atoms with van der Waals surface area (Å²) in [7, 11) is 0. The zero-order chi connectivity index (χ0) is 17.2. The van der Waals surface area contributed by atoms with E-state index in [1.165, 1.54) is 0 Å². The van der Waals surface area contributed by atoms with Crippen LogP contribution in [0.4, 0.5) is 10.6 Å². The van der Waals surface area contributed by atoms with Crippen LogP contribution >= 0.6 is 0 Å². The molecule has 1 aliphatic carbocycles. The Hall–Kier alpha value is -1.82. The molecule has 0 radical (unpaired) electrons. The molecule has 0 aromatic carbocycles. The third-order valence-electron chi connectivity index (χ3n) is 4.41. The Labute approximate surface area is 144 Å². The van der Waals surface area contributed by atoms with Crippen molar-refractivity contribution in [3.63, 3.8) is 0 Å². The number of carbonyl (C=O) groups excluding carboxylic acids is 1. The van der Waals surface area contributed by atoms with Crippen molar-refractivity contribution in [1.82, 2.24) is 15.6 Å². The van der Waals surface area contributed by atoms with Gasteiger partial charge in [-0.1, -0.05) is 6.07 Å². The highest BCUT2D eigenvalue weighted by molar-refractivity contribution is 5.68. The fraction of sp³-hybridized carbons (Fsp3) is 0.667. The van der Waals surface area contributed by atoms with E-state index >= 15 is 0 Å². The van der Waals surface area contributed by atoms with E-state index in [1.807, 2.05) is 39.1 Å². The summed E-state index contributed by atoms with van der Waals surface area (Å²) in [6, 6.07) is 7.14. The molecule has 2 fully saturated rings. The number of nitrogens with zero attached hydrogens (tertiary/aromatic N) is 2. The second-order valence-corrected chi connectivity index (χ2v) is 7.71. The Morgan fingerprint density at radius 3 is 2.62 bits per heavy atom. The summed E-state index contributed by atoms with van der Waals surface area (Å²) < 4.78 is 5.30. The Morgan fingerprint density at radius 2 is 2.00 bits per heavy atom. The topological polar surface area (TPSA) is 66.5 Å². The molecule has 1 amide bonds. The molecule has 6 heteroatoms. The molecule has 132 valence electrons. The standard InChI is InChI=1S/C18H28N4O2/c1-18(2,3)24-17(23)21-15-12-14(15)20-13-7-10-22(11-8-13)16-6-4-5-9-19-16/h4-6,9,13-15,20H,7-8,10-12H2,1-3H3,(H,21,23). The molecule has 1 saturated heterocycles. The van der Waals surface area contributed by atoms with Gasteiger partial charge in [0.1, 0.15) is 11.4 Å². The Balaban J connectivity index is 1.37. The van der Waals surface area contributed by atoms with Gasteiger partial charge in [-0.2, -0.15) is 0 Å². The van der Waals surface area contributed by atoms with E-state index in [4.69, 9.17) is 4.74 Å². The fourth-order valence-corrected chi connectivity index (χ4v) is 3.12. The lowest BCUT2D eigenvalue weighted by Gasteiger charge is -2.33. The second kappa shape index (κ2) is 6.97. The summed E-state index contributed by atoms with van der Waals surface area (Å²) in [5.74, 6) is 1.06. The number of rotatable bonds is 4. The van der Waals surface area contributed by atoms with Crippen LogP contribution in [-0.4, -0.2) is 47.9 Å². The van der Waals surface area contributed by atoms with Gasteiger partial charge in [-0.15, -0.1) is 0 Å². The van der Waals surface area contributed by atoms with Gasteiger partial charge in [-0.05, 0) is 52.2 Å². The molecule has 6 nitrogen and oxygen atoms in total. The lowest BCUT2D eigenvalue weighted by molar-refractivity contribution is 0.0521. The number of carbonyl (C=O) groups is 1. The lowest BCUT2D eigenvalue weighted by atomic mass is 10.0. The summed E-state index contributed by atoms with van der Waals surface area (Å²) in [5, 5.41) is 6.61. The van der Waals surface area contributed by atoms with Gasteiger partial charge in [0.15, 0.2) is 0 Å². The molecule has 2 aliphatic rings. The quantitative estimate of drug-likeness (QED) is 0.886. The molecule has 1 aromatic rings. The first kappa shape index (κ1) is 17.0. The molecule has 2 N–H and O–H groups in total. The number of pyridine rings is 1. The number of anilines is 1. The van der Waals surface area contributed by atoms with E-state index in [1.54, 1.807) is 0 Å². The van der Waals surface area contributed by atoms with Crippen molar-refractivity contribution in [1.29, 1.82) is 0 Å². The predicted molar refractivity (Wildman–Crippen MR) is 94.2 cm³/mol. The van der Waals surface area contributed by atoms with Gasteiger partial charge in [0.2, 0.25) is 0 Å². The molecule has 1 aliphatic heterocycles. The van der Waals surface area contributed by atoms with Gasteiger partial charge >= 0.3 is 6.09 Å². The number of aromatic nitrogens is 1. The number of hydrogen-bond acceptors (Lipinski definition) is 5. The Bertz CT molecular complexity index is 550. The SMILES string of the molecule is CC(C)(C)OC(=O)NC1CC1NC1CCN(c2ccccn2)CC1. The smallest absolute Gasteiger partial charge is 0.407 e. The number of amides is 1. The van der Waals surface area contributed by atoms with Crippen molar-refractivity contribution >= 4 is 11.9 Å². The molecule has 2 atom stereocenters. The zero-order valence-corrected chi connectivity index (χ0v) is 14.8. The van der Waals surface area contributed by atoms with Crippen LogP contribution in [0.15, 0.2) is 24.4 Å². The monoisotopic (exact) mass is 332 g/mol. The summed E-state index contributed by atoms with van der Waals surface area (Å²) >= 11 is 0. The van der Waals surface area contributed by atoms with Crippen LogP contribution < -0.4 is 15.5 Å². The lowest BCUT2D eigenvalue weighted by Crippen LogP contribution is -2.45. The molecule has 2 heterocycles. The number of ether oxygens (including phenoxy) is 1. The molecular formula is C18H28N4O2. The Morgan fingerprint density at radius 1 is 1.25 bits per heavy atom. The first-order valence-corrected chi connectivity index (χ1v) is 8.82. The van der Waals surface area contributed by atoms with Crippen molar-refractivity contribution in [3.8, 4) is 0 Å². The minimum Gasteiger partial charge on any atom is -0.444 e. The highest BCUT2D eigenvalue weighted by Crippen LogP contribution is 2.25. The summed E-state index contributed by atoms with van der Waals surface area (Å²) in [5.41, 5.74) is -0.444. The maximum atomic E-state index is 11.8. The van der Waals surface area contributed by atoms with Gasteiger partial charge in [-0.25, -0.2) is 9.78 Å². The first-order chi connectivity index (χ1) is 11.4. The van der Waals surface area contributed by atoms with Crippen LogP contribution in [0.1, 0.15) is 40.0 Å². The molecule has 3 rings (SSSR count). The first-order valence-electron chi connectivity index (χ1n) is 8.82. The van der Waals surface area contributed by atoms with E-state index in [2.05, 4.69) is 26.6 Å². The van der Waals surface area contributed by atoms with E-state index in [0.717, 1.165) is 38.2 Å². The molecule has 1 saturated carbocycles. The van der Waals surface area contributed by atoms with Crippen LogP contribution in [0.2, 0.25) is 0 Å². The molecule has 0 bridgehead atoms. The van der Waals surface area contributed by atoms with Crippen molar-refractivity contribution in [2.75, 3.05) is 18.0 Å². The molecule has 24 heavy (non-hydrogen) atoms. The normalized spacial score (nSPS) is 24.5. The number of alkyl carbamates (subject to hydrolysis) is 1. The van der Waals surface area contributed by atoms with Crippen LogP contribution in [-0.2, 0) is 4.74 Å². The van der Waals surface area contributed by atoms with Crippen LogP contribution in [0, 0.1) is 0 Å². The van der Waals surface area contributed by atoms with E-state index in [0.29, 0.717) is 12.1 Å². The highest BCUT2D eigenvalue weighted by Gasteiger charge is 2.40. The number of nitrogens with one attached hydrogen (secondary N) is 2. The fourth-order valence-electron chi connectivity index (χ4n) is 3.12. The number of hydrogen-bond donors (Lipinski definition) is 2. The summed E-state index contributed by atoms with van der Waals surface area (Å²) in [4.78, 5) is 18.5. The van der Waals surface area contributed by atoms with Crippen molar-refractivity contribution < 1.29 is 9.53 Å². The Kier molecular flexibility index (Phi) is 4.94. The summed E-state index contributed by atoms with van der Waals surface area (Å²) in [6.45, 7) is 7.68. The largest absolute Gasteiger partial charge is 0.444 e. The van der Waals surface area contributed by atoms with Gasteiger partial charge in [0.05, 0.1) is 0 Å². The van der Waals surface area contributed by atoms with Gasteiger partial charge in [0.25, 0.3) is 0 Å².